The Bertz CT molecular complexity index is 561. The Labute approximate surface area is 150 Å². The Morgan fingerprint density at radius 1 is 1.53 bits per heavy atom. The van der Waals surface area contributed by atoms with Gasteiger partial charge in [0.1, 0.15) is 0 Å². The normalized spacial score (nSPS) is 10.8. The van der Waals surface area contributed by atoms with Crippen molar-refractivity contribution in [3.63, 3.8) is 0 Å². The molecule has 0 saturated heterocycles. The summed E-state index contributed by atoms with van der Waals surface area (Å²) >= 11 is 1.26. The average molecular weight is 501 g/mol. The third-order valence-corrected chi connectivity index (χ3v) is 3.52. The Hall–Kier alpha value is 0.0222. The summed E-state index contributed by atoms with van der Waals surface area (Å²) in [7, 11) is 0. The van der Waals surface area contributed by atoms with Crippen LogP contribution in [-0.2, 0) is 58.5 Å². The van der Waals surface area contributed by atoms with E-state index in [1.54, 1.807) is 17.6 Å². The molecule has 99 valence electrons. The van der Waals surface area contributed by atoms with Gasteiger partial charge in [-0.15, -0.1) is 0 Å². The zero-order chi connectivity index (χ0) is 13.7. The summed E-state index contributed by atoms with van der Waals surface area (Å²) in [6.07, 6.45) is 5.81. The first-order valence-electron chi connectivity index (χ1n) is 5.64. The van der Waals surface area contributed by atoms with Gasteiger partial charge in [0.2, 0.25) is 0 Å². The van der Waals surface area contributed by atoms with Crippen LogP contribution in [0, 0.1) is 26.8 Å². The van der Waals surface area contributed by atoms with Crippen LogP contribution < -0.4 is 5.56 Å². The largest absolute Gasteiger partial charge is 0 e. The van der Waals surface area contributed by atoms with Crippen molar-refractivity contribution in [2.45, 2.75) is 27.2 Å². The third kappa shape index (κ3) is 4.51. The molecule has 0 aliphatic heterocycles. The smallest absolute Gasteiger partial charge is 0 e. The molecule has 0 aliphatic rings. The number of hydrogen-bond acceptors (Lipinski definition) is 2. The van der Waals surface area contributed by atoms with E-state index in [1.807, 2.05) is 24.7 Å². The monoisotopic (exact) mass is 501 g/mol. The summed E-state index contributed by atoms with van der Waals surface area (Å²) in [5.41, 5.74) is 2.22. The van der Waals surface area contributed by atoms with E-state index in [9.17, 15) is 4.79 Å². The van der Waals surface area contributed by atoms with Gasteiger partial charge in [0.15, 0.2) is 0 Å². The number of hydrogen-bond donors (Lipinski definition) is 0. The Morgan fingerprint density at radius 2 is 2.16 bits per heavy atom. The van der Waals surface area contributed by atoms with E-state index < -0.39 is 0 Å². The predicted molar refractivity (Wildman–Crippen MR) is 70.9 cm³/mol. The van der Waals surface area contributed by atoms with Crippen LogP contribution in [0.1, 0.15) is 24.0 Å². The first kappa shape index (κ1) is 19.0. The van der Waals surface area contributed by atoms with Gasteiger partial charge >= 0.3 is 119 Å². The molecular formula is C14H16N2OWY-2. The van der Waals surface area contributed by atoms with Crippen LogP contribution in [-0.4, -0.2) is 14.0 Å². The summed E-state index contributed by atoms with van der Waals surface area (Å²) in [6, 6.07) is 0. The van der Waals surface area contributed by atoms with Gasteiger partial charge in [0.25, 0.3) is 0 Å². The number of allylic oxidation sites excluding steroid dienone is 3. The van der Waals surface area contributed by atoms with E-state index in [0.29, 0.717) is 12.0 Å². The first-order chi connectivity index (χ1) is 8.56. The van der Waals surface area contributed by atoms with E-state index in [2.05, 4.69) is 4.98 Å². The molecule has 3 nitrogen and oxygen atoms in total. The molecule has 0 spiro atoms. The van der Waals surface area contributed by atoms with Gasteiger partial charge < -0.3 is 0 Å². The summed E-state index contributed by atoms with van der Waals surface area (Å²) in [5.74, 6) is 0.746. The maximum Gasteiger partial charge on any atom is 0 e. The van der Waals surface area contributed by atoms with Crippen molar-refractivity contribution in [3.05, 3.63) is 52.6 Å². The minimum atomic E-state index is -0.0232. The molecule has 0 saturated carbocycles. The molecule has 5 heteroatoms. The van der Waals surface area contributed by atoms with Crippen LogP contribution in [0.2, 0.25) is 0 Å². The number of nitrogens with zero attached hydrogens (tertiary/aromatic N) is 2. The summed E-state index contributed by atoms with van der Waals surface area (Å²) in [6.45, 7) is 11.0. The van der Waals surface area contributed by atoms with Gasteiger partial charge in [0.05, 0.1) is 0 Å². The molecule has 0 N–H and O–H groups in total. The Morgan fingerprint density at radius 3 is 2.63 bits per heavy atom. The predicted octanol–water partition coefficient (Wildman–Crippen LogP) is 1.80. The number of rotatable bonds is 5. The second-order valence-corrected chi connectivity index (χ2v) is 4.74. The molecule has 1 rings (SSSR count). The molecular weight excluding hydrogens is 485 g/mol. The van der Waals surface area contributed by atoms with Crippen LogP contribution >= 0.6 is 0 Å². The second kappa shape index (κ2) is 9.05. The van der Waals surface area contributed by atoms with Crippen LogP contribution in [0.5, 0.6) is 0 Å². The Balaban J connectivity index is 0.00000324. The topological polar surface area (TPSA) is 34.9 Å². The molecule has 0 aromatic carbocycles. The van der Waals surface area contributed by atoms with E-state index in [-0.39, 0.29) is 38.3 Å². The third-order valence-electron chi connectivity index (χ3n) is 2.65. The zero-order valence-electron chi connectivity index (χ0n) is 11.4. The molecule has 19 heavy (non-hydrogen) atoms. The van der Waals surface area contributed by atoms with E-state index in [4.69, 9.17) is 6.58 Å². The molecule has 0 amide bonds. The van der Waals surface area contributed by atoms with Crippen LogP contribution in [0.15, 0.2) is 16.9 Å². The minimum Gasteiger partial charge on any atom is 0 e. The molecule has 1 aromatic rings. The van der Waals surface area contributed by atoms with Gasteiger partial charge in [-0.1, -0.05) is 0 Å². The van der Waals surface area contributed by atoms with Gasteiger partial charge in [-0.2, -0.15) is 0 Å². The average Bonchev–Trinajstić information content (AvgIpc) is 2.35. The molecule has 0 unspecified atom stereocenters. The van der Waals surface area contributed by atoms with Crippen molar-refractivity contribution in [2.75, 3.05) is 0 Å². The van der Waals surface area contributed by atoms with Crippen LogP contribution in [0.3, 0.4) is 0 Å². The molecule has 1 aromatic heterocycles. The maximum atomic E-state index is 12.4. The van der Waals surface area contributed by atoms with E-state index in [1.165, 1.54) is 25.4 Å². The van der Waals surface area contributed by atoms with Crippen LogP contribution in [0.4, 0.5) is 0 Å². The zero-order valence-corrected chi connectivity index (χ0v) is 17.2. The number of aromatic nitrogens is 2. The quantitative estimate of drug-likeness (QED) is 0.456. The molecule has 0 aliphatic carbocycles. The van der Waals surface area contributed by atoms with Gasteiger partial charge in [0, 0.05) is 32.7 Å². The van der Waals surface area contributed by atoms with Gasteiger partial charge in [-0.3, -0.25) is 0 Å². The van der Waals surface area contributed by atoms with Crippen molar-refractivity contribution in [2.24, 2.45) is 0 Å². The van der Waals surface area contributed by atoms with Gasteiger partial charge in [-0.05, 0) is 0 Å². The second-order valence-electron chi connectivity index (χ2n) is 3.89. The van der Waals surface area contributed by atoms with E-state index >= 15 is 0 Å². The maximum absolute atomic E-state index is 12.4. The molecule has 0 fully saturated rings. The summed E-state index contributed by atoms with van der Waals surface area (Å²) in [5, 5.41) is 0. The molecule has 0 bridgehead atoms. The van der Waals surface area contributed by atoms with Crippen molar-refractivity contribution in [1.29, 1.82) is 0 Å². The van der Waals surface area contributed by atoms with Gasteiger partial charge in [-0.25, -0.2) is 0 Å². The molecule has 1 heterocycles. The fourth-order valence-corrected chi connectivity index (χ4v) is 2.28. The van der Waals surface area contributed by atoms with Crippen molar-refractivity contribution < 1.29 is 52.1 Å². The summed E-state index contributed by atoms with van der Waals surface area (Å²) in [4.78, 5) is 16.9. The first-order valence-corrected chi connectivity index (χ1v) is 7.33. The van der Waals surface area contributed by atoms with Crippen molar-refractivity contribution >= 4 is 10.1 Å². The fourth-order valence-electron chi connectivity index (χ4n) is 1.62. The minimum absolute atomic E-state index is 0. The Kier molecular flexibility index (Phi) is 9.06. The van der Waals surface area contributed by atoms with Crippen LogP contribution in [0.25, 0.3) is 5.70 Å². The van der Waals surface area contributed by atoms with E-state index in [0.717, 1.165) is 17.2 Å². The molecule has 0 atom stereocenters. The fraction of sp³-hybridized carbons (Fsp3) is 0.286. The van der Waals surface area contributed by atoms with Crippen molar-refractivity contribution in [3.8, 4) is 0 Å². The standard InChI is InChI=1S/C14H16N2O.W.Y/c1-6-8-10(3)16-13(9-7-2)15-12(5)11(4)14(16)17;;/h1,3,6-8H,9H2,2,4-5H3;;/q-2;;/b10-8+;;. The SMILES string of the molecule is [CH-]=C/C=C(\[CH]=[W])n1c(C[CH-]C)nc(C)c(C)c1=O.[Y]. The summed E-state index contributed by atoms with van der Waals surface area (Å²) < 4.78 is 3.57. The van der Waals surface area contributed by atoms with Crippen molar-refractivity contribution in [1.82, 2.24) is 9.55 Å². The number of aryl methyl sites for hydroxylation is 1. The molecule has 1 radical (unpaired) electrons.